The maximum atomic E-state index is 12.9. The van der Waals surface area contributed by atoms with E-state index in [0.29, 0.717) is 43.0 Å². The minimum atomic E-state index is -3.85. The number of carbonyl (C=O) groups excluding carboxylic acids is 1. The Balaban J connectivity index is 1.43. The maximum absolute atomic E-state index is 12.9. The molecule has 0 spiro atoms. The van der Waals surface area contributed by atoms with Crippen LogP contribution in [0.2, 0.25) is 0 Å². The number of piperidine rings is 1. The number of aromatic nitrogens is 1. The molecule has 2 aliphatic heterocycles. The van der Waals surface area contributed by atoms with Crippen LogP contribution in [0.15, 0.2) is 47.1 Å². The van der Waals surface area contributed by atoms with Crippen LogP contribution in [0, 0.1) is 0 Å². The Hall–Kier alpha value is -3.14. The van der Waals surface area contributed by atoms with Gasteiger partial charge in [0.15, 0.2) is 5.84 Å². The molecule has 10 heteroatoms. The van der Waals surface area contributed by atoms with E-state index >= 15 is 0 Å². The Morgan fingerprint density at radius 3 is 2.94 bits per heavy atom. The highest BCUT2D eigenvalue weighted by Crippen LogP contribution is 2.31. The van der Waals surface area contributed by atoms with Gasteiger partial charge in [-0.1, -0.05) is 12.1 Å². The lowest BCUT2D eigenvalue weighted by Crippen LogP contribution is -2.46. The minimum absolute atomic E-state index is 0.0514. The highest BCUT2D eigenvalue weighted by molar-refractivity contribution is 7.91. The van der Waals surface area contributed by atoms with E-state index in [1.54, 1.807) is 30.6 Å². The number of amides is 1. The van der Waals surface area contributed by atoms with Crippen molar-refractivity contribution in [1.29, 1.82) is 0 Å². The van der Waals surface area contributed by atoms with E-state index in [2.05, 4.69) is 14.1 Å². The number of carbonyl (C=O) groups is 1. The third-order valence-corrected chi connectivity index (χ3v) is 6.38. The number of rotatable bonds is 6. The first-order valence-corrected chi connectivity index (χ1v) is 11.7. The summed E-state index contributed by atoms with van der Waals surface area (Å²) in [6.45, 7) is 1.01. The molecule has 164 valence electrons. The van der Waals surface area contributed by atoms with Crippen molar-refractivity contribution in [3.63, 3.8) is 0 Å². The summed E-state index contributed by atoms with van der Waals surface area (Å²) >= 11 is 0. The standard InChI is InChI=1S/C21H25N5O4S/c22-21-20-17(24-31(28,29)25-21)7-3-8-18(20)30-14-16-6-1-2-12-26(16)19(27)10-9-15-5-4-11-23-13-15/h3-5,7-8,11,13,16,24H,1-2,6,9-10,12,14H2,(H2,22,25)/t16-/m1/s1. The molecular formula is C21H25N5O4S. The van der Waals surface area contributed by atoms with E-state index in [0.717, 1.165) is 24.8 Å². The van der Waals surface area contributed by atoms with Crippen LogP contribution in [0.4, 0.5) is 5.69 Å². The first-order valence-electron chi connectivity index (χ1n) is 10.3. The average Bonchev–Trinajstić information content (AvgIpc) is 2.76. The summed E-state index contributed by atoms with van der Waals surface area (Å²) < 4.78 is 35.4. The fourth-order valence-electron chi connectivity index (χ4n) is 3.97. The lowest BCUT2D eigenvalue weighted by atomic mass is 10.0. The predicted octanol–water partition coefficient (Wildman–Crippen LogP) is 1.85. The Kier molecular flexibility index (Phi) is 6.08. The van der Waals surface area contributed by atoms with Crippen molar-refractivity contribution >= 4 is 27.6 Å². The fraction of sp³-hybridized carbons (Fsp3) is 0.381. The molecule has 0 radical (unpaired) electrons. The van der Waals surface area contributed by atoms with Gasteiger partial charge in [-0.15, -0.1) is 4.40 Å². The molecule has 1 amide bonds. The number of benzene rings is 1. The van der Waals surface area contributed by atoms with Crippen LogP contribution in [0.3, 0.4) is 0 Å². The zero-order valence-electron chi connectivity index (χ0n) is 17.0. The molecule has 0 saturated carbocycles. The van der Waals surface area contributed by atoms with Crippen LogP contribution in [0.5, 0.6) is 5.75 Å². The summed E-state index contributed by atoms with van der Waals surface area (Å²) in [5, 5.41) is 0. The number of nitrogens with two attached hydrogens (primary N) is 1. The van der Waals surface area contributed by atoms with Crippen LogP contribution in [0.1, 0.15) is 36.8 Å². The second kappa shape index (κ2) is 8.93. The number of likely N-dealkylation sites (tertiary alicyclic amines) is 1. The quantitative estimate of drug-likeness (QED) is 0.701. The Labute approximate surface area is 181 Å². The molecule has 1 aromatic heterocycles. The summed E-state index contributed by atoms with van der Waals surface area (Å²) in [6.07, 6.45) is 7.41. The van der Waals surface area contributed by atoms with E-state index in [-0.39, 0.29) is 17.8 Å². The Morgan fingerprint density at radius 2 is 2.13 bits per heavy atom. The van der Waals surface area contributed by atoms with Gasteiger partial charge in [0.05, 0.1) is 17.3 Å². The molecule has 0 aliphatic carbocycles. The third-order valence-electron chi connectivity index (χ3n) is 5.47. The van der Waals surface area contributed by atoms with Crippen LogP contribution < -0.4 is 15.2 Å². The first kappa shape index (κ1) is 21.1. The van der Waals surface area contributed by atoms with E-state index < -0.39 is 10.2 Å². The van der Waals surface area contributed by atoms with E-state index in [1.807, 2.05) is 17.0 Å². The van der Waals surface area contributed by atoms with Gasteiger partial charge < -0.3 is 15.4 Å². The topological polar surface area (TPSA) is 127 Å². The molecule has 2 aromatic rings. The molecular weight excluding hydrogens is 418 g/mol. The molecule has 0 bridgehead atoms. The van der Waals surface area contributed by atoms with E-state index in [4.69, 9.17) is 10.5 Å². The molecule has 1 saturated heterocycles. The number of nitrogens with one attached hydrogen (secondary N) is 1. The molecule has 3 N–H and O–H groups in total. The summed E-state index contributed by atoms with van der Waals surface area (Å²) in [5.41, 5.74) is 7.67. The largest absolute Gasteiger partial charge is 0.491 e. The summed E-state index contributed by atoms with van der Waals surface area (Å²) in [6, 6.07) is 8.80. The van der Waals surface area contributed by atoms with Gasteiger partial charge in [-0.3, -0.25) is 14.5 Å². The lowest BCUT2D eigenvalue weighted by Gasteiger charge is -2.36. The number of nitrogens with zero attached hydrogens (tertiary/aromatic N) is 3. The summed E-state index contributed by atoms with van der Waals surface area (Å²) in [4.78, 5) is 18.9. The minimum Gasteiger partial charge on any atom is -0.491 e. The molecule has 1 atom stereocenters. The van der Waals surface area contributed by atoms with Crippen molar-refractivity contribution in [2.45, 2.75) is 38.1 Å². The normalized spacial score (nSPS) is 19.7. The maximum Gasteiger partial charge on any atom is 0.344 e. The van der Waals surface area contributed by atoms with Gasteiger partial charge in [0.2, 0.25) is 5.91 Å². The smallest absolute Gasteiger partial charge is 0.344 e. The number of anilines is 1. The van der Waals surface area contributed by atoms with Crippen molar-refractivity contribution in [3.8, 4) is 5.75 Å². The molecule has 1 aromatic carbocycles. The predicted molar refractivity (Wildman–Crippen MR) is 117 cm³/mol. The highest BCUT2D eigenvalue weighted by Gasteiger charge is 2.29. The molecule has 2 aliphatic rings. The van der Waals surface area contributed by atoms with Gasteiger partial charge in [0, 0.05) is 25.4 Å². The zero-order chi connectivity index (χ0) is 21.8. The highest BCUT2D eigenvalue weighted by atomic mass is 32.2. The van der Waals surface area contributed by atoms with Gasteiger partial charge in [0.25, 0.3) is 0 Å². The lowest BCUT2D eigenvalue weighted by molar-refractivity contribution is -0.135. The number of hydrogen-bond donors (Lipinski definition) is 2. The van der Waals surface area contributed by atoms with Gasteiger partial charge in [-0.2, -0.15) is 8.42 Å². The molecule has 4 rings (SSSR count). The van der Waals surface area contributed by atoms with Crippen molar-refractivity contribution in [2.24, 2.45) is 10.1 Å². The zero-order valence-corrected chi connectivity index (χ0v) is 17.8. The Morgan fingerprint density at radius 1 is 1.26 bits per heavy atom. The number of fused-ring (bicyclic) bond motifs is 1. The number of aryl methyl sites for hydroxylation is 1. The third kappa shape index (κ3) is 4.96. The van der Waals surface area contributed by atoms with Crippen LogP contribution >= 0.6 is 0 Å². The van der Waals surface area contributed by atoms with Crippen molar-refractivity contribution < 1.29 is 17.9 Å². The van der Waals surface area contributed by atoms with Crippen LogP contribution in [-0.4, -0.2) is 49.2 Å². The number of ether oxygens (including phenoxy) is 1. The Bertz CT molecular complexity index is 1090. The van der Waals surface area contributed by atoms with Gasteiger partial charge >= 0.3 is 10.2 Å². The van der Waals surface area contributed by atoms with Crippen LogP contribution in [-0.2, 0) is 21.4 Å². The fourth-order valence-corrected chi connectivity index (χ4v) is 4.81. The molecule has 9 nitrogen and oxygen atoms in total. The van der Waals surface area contributed by atoms with Crippen molar-refractivity contribution in [3.05, 3.63) is 53.9 Å². The SMILES string of the molecule is NC1=NS(=O)(=O)Nc2cccc(OC[C@H]3CCCCN3C(=O)CCc3cccnc3)c21. The summed E-state index contributed by atoms with van der Waals surface area (Å²) in [5.74, 6) is 0.424. The molecule has 31 heavy (non-hydrogen) atoms. The average molecular weight is 444 g/mol. The van der Waals surface area contributed by atoms with Gasteiger partial charge in [-0.05, 0) is 49.4 Å². The number of pyridine rings is 1. The summed E-state index contributed by atoms with van der Waals surface area (Å²) in [7, 11) is -3.85. The van der Waals surface area contributed by atoms with Crippen molar-refractivity contribution in [1.82, 2.24) is 9.88 Å². The second-order valence-corrected chi connectivity index (χ2v) is 8.98. The van der Waals surface area contributed by atoms with E-state index in [1.165, 1.54) is 0 Å². The van der Waals surface area contributed by atoms with E-state index in [9.17, 15) is 13.2 Å². The number of hydrogen-bond acceptors (Lipinski definition) is 6. The van der Waals surface area contributed by atoms with Gasteiger partial charge in [0.1, 0.15) is 12.4 Å². The molecule has 3 heterocycles. The van der Waals surface area contributed by atoms with Gasteiger partial charge in [-0.25, -0.2) is 0 Å². The molecule has 1 fully saturated rings. The second-order valence-electron chi connectivity index (χ2n) is 7.64. The van der Waals surface area contributed by atoms with Crippen LogP contribution in [0.25, 0.3) is 0 Å². The van der Waals surface area contributed by atoms with Crippen molar-refractivity contribution in [2.75, 3.05) is 17.9 Å². The molecule has 0 unspecified atom stereocenters. The first-order chi connectivity index (χ1) is 14.9. The monoisotopic (exact) mass is 443 g/mol. The number of amidine groups is 1.